The summed E-state index contributed by atoms with van der Waals surface area (Å²) in [6.45, 7) is 0. The highest BCUT2D eigenvalue weighted by atomic mass is 35.5. The van der Waals surface area contributed by atoms with Crippen molar-refractivity contribution in [1.82, 2.24) is 0 Å². The first-order chi connectivity index (χ1) is 9.90. The minimum atomic E-state index is -1.43. The lowest BCUT2D eigenvalue weighted by Gasteiger charge is -2.09. The first-order valence-electron chi connectivity index (χ1n) is 5.53. The molecule has 2 aromatic rings. The first kappa shape index (κ1) is 14.7. The van der Waals surface area contributed by atoms with Crippen molar-refractivity contribution in [2.75, 3.05) is 0 Å². The fraction of sp³-hybridized carbons (Fsp3) is 0. The summed E-state index contributed by atoms with van der Waals surface area (Å²) >= 11 is 5.59. The molecule has 0 saturated carbocycles. The lowest BCUT2D eigenvalue weighted by molar-refractivity contribution is -0.384. The zero-order chi connectivity index (χ0) is 15.6. The van der Waals surface area contributed by atoms with Crippen LogP contribution in [-0.4, -0.2) is 16.0 Å². The lowest BCUT2D eigenvalue weighted by atomic mass is 10.2. The summed E-state index contributed by atoms with van der Waals surface area (Å²) in [6.07, 6.45) is 0. The van der Waals surface area contributed by atoms with Gasteiger partial charge in [0, 0.05) is 12.1 Å². The third-order valence-corrected chi connectivity index (χ3v) is 2.83. The smallest absolute Gasteiger partial charge is 0.339 e. The van der Waals surface area contributed by atoms with E-state index >= 15 is 0 Å². The van der Waals surface area contributed by atoms with Gasteiger partial charge in [-0.1, -0.05) is 17.7 Å². The standard InChI is InChI=1S/C13H7ClFNO5/c14-9-2-1-3-11(12(9)15)21-10-5-4-7(16(19)20)6-8(10)13(17)18/h1-6H,(H,17,18). The second-order valence-corrected chi connectivity index (χ2v) is 4.30. The van der Waals surface area contributed by atoms with Crippen LogP contribution in [0.2, 0.25) is 5.02 Å². The minimum Gasteiger partial charge on any atom is -0.478 e. The number of aromatic carboxylic acids is 1. The third kappa shape index (κ3) is 3.09. The number of carbonyl (C=O) groups is 1. The molecule has 21 heavy (non-hydrogen) atoms. The summed E-state index contributed by atoms with van der Waals surface area (Å²) in [4.78, 5) is 21.0. The van der Waals surface area contributed by atoms with Crippen molar-refractivity contribution >= 4 is 23.3 Å². The maximum absolute atomic E-state index is 13.7. The number of nitro benzene ring substituents is 1. The topological polar surface area (TPSA) is 89.7 Å². The Kier molecular flexibility index (Phi) is 4.04. The molecule has 0 amide bonds. The maximum Gasteiger partial charge on any atom is 0.339 e. The molecule has 0 fully saturated rings. The molecule has 1 N–H and O–H groups in total. The SMILES string of the molecule is O=C(O)c1cc([N+](=O)[O-])ccc1Oc1cccc(Cl)c1F. The second kappa shape index (κ2) is 5.76. The van der Waals surface area contributed by atoms with E-state index in [1.54, 1.807) is 0 Å². The van der Waals surface area contributed by atoms with Crippen LogP contribution in [0.1, 0.15) is 10.4 Å². The predicted octanol–water partition coefficient (Wildman–Crippen LogP) is 3.88. The molecule has 0 radical (unpaired) electrons. The molecule has 0 aliphatic carbocycles. The lowest BCUT2D eigenvalue weighted by Crippen LogP contribution is -2.02. The van der Waals surface area contributed by atoms with Crippen LogP contribution in [0.5, 0.6) is 11.5 Å². The van der Waals surface area contributed by atoms with E-state index < -0.39 is 28.0 Å². The normalized spacial score (nSPS) is 10.2. The van der Waals surface area contributed by atoms with Crippen LogP contribution in [0.3, 0.4) is 0 Å². The fourth-order valence-corrected chi connectivity index (χ4v) is 1.73. The summed E-state index contributed by atoms with van der Waals surface area (Å²) in [5.74, 6) is -2.79. The summed E-state index contributed by atoms with van der Waals surface area (Å²) < 4.78 is 18.9. The molecule has 108 valence electrons. The number of carboxylic acids is 1. The predicted molar refractivity (Wildman–Crippen MR) is 71.5 cm³/mol. The van der Waals surface area contributed by atoms with Crippen LogP contribution in [0.15, 0.2) is 36.4 Å². The van der Waals surface area contributed by atoms with Crippen LogP contribution >= 0.6 is 11.6 Å². The molecule has 0 unspecified atom stereocenters. The highest BCUT2D eigenvalue weighted by Crippen LogP contribution is 2.32. The van der Waals surface area contributed by atoms with Crippen LogP contribution in [0, 0.1) is 15.9 Å². The van der Waals surface area contributed by atoms with Crippen LogP contribution < -0.4 is 4.74 Å². The van der Waals surface area contributed by atoms with E-state index in [-0.39, 0.29) is 16.5 Å². The molecule has 0 aromatic heterocycles. The molecule has 2 aromatic carbocycles. The van der Waals surface area contributed by atoms with Gasteiger partial charge in [-0.05, 0) is 18.2 Å². The Morgan fingerprint density at radius 1 is 1.29 bits per heavy atom. The molecule has 0 bridgehead atoms. The number of nitrogens with zero attached hydrogens (tertiary/aromatic N) is 1. The molecular weight excluding hydrogens is 305 g/mol. The van der Waals surface area contributed by atoms with Gasteiger partial charge < -0.3 is 9.84 Å². The molecule has 2 rings (SSSR count). The van der Waals surface area contributed by atoms with E-state index in [1.807, 2.05) is 0 Å². The van der Waals surface area contributed by atoms with Crippen LogP contribution in [0.25, 0.3) is 0 Å². The van der Waals surface area contributed by atoms with Gasteiger partial charge in [-0.3, -0.25) is 10.1 Å². The Labute approximate surface area is 122 Å². The van der Waals surface area contributed by atoms with Gasteiger partial charge >= 0.3 is 5.97 Å². The third-order valence-electron chi connectivity index (χ3n) is 2.54. The van der Waals surface area contributed by atoms with Crippen LogP contribution in [0.4, 0.5) is 10.1 Å². The highest BCUT2D eigenvalue weighted by molar-refractivity contribution is 6.30. The van der Waals surface area contributed by atoms with Crippen molar-refractivity contribution in [3.05, 3.63) is 62.9 Å². The Hall–Kier alpha value is -2.67. The van der Waals surface area contributed by atoms with Crippen molar-refractivity contribution < 1.29 is 24.0 Å². The number of carboxylic acid groups (broad SMARTS) is 1. The van der Waals surface area contributed by atoms with E-state index in [2.05, 4.69) is 0 Å². The van der Waals surface area contributed by atoms with Gasteiger partial charge in [-0.25, -0.2) is 9.18 Å². The summed E-state index contributed by atoms with van der Waals surface area (Å²) in [5.41, 5.74) is -0.866. The number of hydrogen-bond acceptors (Lipinski definition) is 4. The van der Waals surface area contributed by atoms with Gasteiger partial charge in [-0.15, -0.1) is 0 Å². The van der Waals surface area contributed by atoms with Gasteiger partial charge in [-0.2, -0.15) is 0 Å². The fourth-order valence-electron chi connectivity index (χ4n) is 1.57. The van der Waals surface area contributed by atoms with Crippen molar-refractivity contribution in [3.8, 4) is 11.5 Å². The van der Waals surface area contributed by atoms with Gasteiger partial charge in [0.1, 0.15) is 11.3 Å². The number of hydrogen-bond donors (Lipinski definition) is 1. The Morgan fingerprint density at radius 2 is 2.00 bits per heavy atom. The van der Waals surface area contributed by atoms with Gasteiger partial charge in [0.05, 0.1) is 9.95 Å². The van der Waals surface area contributed by atoms with E-state index in [4.69, 9.17) is 21.4 Å². The van der Waals surface area contributed by atoms with Gasteiger partial charge in [0.15, 0.2) is 11.6 Å². The second-order valence-electron chi connectivity index (χ2n) is 3.90. The molecule has 0 saturated heterocycles. The van der Waals surface area contributed by atoms with Gasteiger partial charge in [0.25, 0.3) is 5.69 Å². The van der Waals surface area contributed by atoms with E-state index in [9.17, 15) is 19.3 Å². The van der Waals surface area contributed by atoms with Crippen LogP contribution in [-0.2, 0) is 0 Å². The molecule has 6 nitrogen and oxygen atoms in total. The quantitative estimate of drug-likeness (QED) is 0.683. The summed E-state index contributed by atoms with van der Waals surface area (Å²) in [5, 5.41) is 19.5. The number of benzene rings is 2. The molecule has 0 spiro atoms. The Bertz CT molecular complexity index is 734. The Balaban J connectivity index is 2.46. The van der Waals surface area contributed by atoms with E-state index in [0.717, 1.165) is 18.2 Å². The molecule has 0 atom stereocenters. The number of ether oxygens (including phenoxy) is 1. The maximum atomic E-state index is 13.7. The average Bonchev–Trinajstić information content (AvgIpc) is 2.43. The van der Waals surface area contributed by atoms with Crippen molar-refractivity contribution in [1.29, 1.82) is 0 Å². The minimum absolute atomic E-state index is 0.189. The largest absolute Gasteiger partial charge is 0.478 e. The molecular formula is C13H7ClFNO5. The summed E-state index contributed by atoms with van der Waals surface area (Å²) in [7, 11) is 0. The molecule has 0 heterocycles. The van der Waals surface area contributed by atoms with Crippen molar-refractivity contribution in [3.63, 3.8) is 0 Å². The monoisotopic (exact) mass is 311 g/mol. The number of rotatable bonds is 4. The van der Waals surface area contributed by atoms with E-state index in [0.29, 0.717) is 0 Å². The van der Waals surface area contributed by atoms with Gasteiger partial charge in [0.2, 0.25) is 0 Å². The van der Waals surface area contributed by atoms with Crippen molar-refractivity contribution in [2.24, 2.45) is 0 Å². The summed E-state index contributed by atoms with van der Waals surface area (Å²) in [6, 6.07) is 6.96. The highest BCUT2D eigenvalue weighted by Gasteiger charge is 2.19. The molecule has 8 heteroatoms. The van der Waals surface area contributed by atoms with E-state index in [1.165, 1.54) is 18.2 Å². The van der Waals surface area contributed by atoms with Crippen molar-refractivity contribution in [2.45, 2.75) is 0 Å². The number of non-ortho nitro benzene ring substituents is 1. The first-order valence-corrected chi connectivity index (χ1v) is 5.91. The Morgan fingerprint density at radius 3 is 2.62 bits per heavy atom. The number of nitro groups is 1. The number of halogens is 2. The zero-order valence-electron chi connectivity index (χ0n) is 10.2. The zero-order valence-corrected chi connectivity index (χ0v) is 11.0. The molecule has 0 aliphatic rings. The average molecular weight is 312 g/mol. The molecule has 0 aliphatic heterocycles.